The molecule has 1 fully saturated rings. The Morgan fingerprint density at radius 3 is 2.69 bits per heavy atom. The van der Waals surface area contributed by atoms with Gasteiger partial charge in [-0.3, -0.25) is 0 Å². The van der Waals surface area contributed by atoms with Gasteiger partial charge in [0.05, 0.1) is 13.2 Å². The molecule has 0 bridgehead atoms. The zero-order valence-corrected chi connectivity index (χ0v) is 8.43. The van der Waals surface area contributed by atoms with E-state index in [9.17, 15) is 0 Å². The van der Waals surface area contributed by atoms with Gasteiger partial charge in [-0.25, -0.2) is 0 Å². The third-order valence-electron chi connectivity index (χ3n) is 2.21. The lowest BCUT2D eigenvalue weighted by Crippen LogP contribution is -2.21. The summed E-state index contributed by atoms with van der Waals surface area (Å²) in [6, 6.07) is 10.3. The minimum absolute atomic E-state index is 0.762. The SMILES string of the molecule is c1ccc(COCC2CCS2)cc1. The first-order valence-corrected chi connectivity index (χ1v) is 5.73. The topological polar surface area (TPSA) is 9.23 Å². The Morgan fingerprint density at radius 1 is 1.31 bits per heavy atom. The molecule has 1 unspecified atom stereocenters. The predicted octanol–water partition coefficient (Wildman–Crippen LogP) is 2.71. The average Bonchev–Trinajstić information content (AvgIpc) is 2.11. The zero-order chi connectivity index (χ0) is 8.93. The van der Waals surface area contributed by atoms with Crippen LogP contribution in [0.1, 0.15) is 12.0 Å². The molecule has 0 amide bonds. The summed E-state index contributed by atoms with van der Waals surface area (Å²) in [6.45, 7) is 1.68. The molecule has 1 nitrogen and oxygen atoms in total. The lowest BCUT2D eigenvalue weighted by Gasteiger charge is -2.24. The van der Waals surface area contributed by atoms with Crippen LogP contribution < -0.4 is 0 Å². The van der Waals surface area contributed by atoms with Crippen LogP contribution in [-0.4, -0.2) is 17.6 Å². The molecule has 0 N–H and O–H groups in total. The van der Waals surface area contributed by atoms with E-state index in [-0.39, 0.29) is 0 Å². The van der Waals surface area contributed by atoms with E-state index in [0.29, 0.717) is 0 Å². The molecule has 1 saturated heterocycles. The molecule has 1 aromatic rings. The maximum atomic E-state index is 5.60. The van der Waals surface area contributed by atoms with E-state index in [1.165, 1.54) is 17.7 Å². The smallest absolute Gasteiger partial charge is 0.0717 e. The summed E-state index contributed by atoms with van der Waals surface area (Å²) in [4.78, 5) is 0. The molecule has 0 aliphatic carbocycles. The highest BCUT2D eigenvalue weighted by molar-refractivity contribution is 8.01. The van der Waals surface area contributed by atoms with Gasteiger partial charge in [0, 0.05) is 5.25 Å². The molecule has 0 spiro atoms. The van der Waals surface area contributed by atoms with E-state index < -0.39 is 0 Å². The second-order valence-electron chi connectivity index (χ2n) is 3.28. The summed E-state index contributed by atoms with van der Waals surface area (Å²) < 4.78 is 5.60. The molecule has 2 rings (SSSR count). The largest absolute Gasteiger partial charge is 0.376 e. The molecular formula is C11H14OS. The third-order valence-corrected chi connectivity index (χ3v) is 3.52. The van der Waals surface area contributed by atoms with Crippen molar-refractivity contribution in [3.8, 4) is 0 Å². The molecule has 1 atom stereocenters. The molecule has 0 aromatic heterocycles. The maximum Gasteiger partial charge on any atom is 0.0717 e. The van der Waals surface area contributed by atoms with Crippen molar-refractivity contribution in [3.63, 3.8) is 0 Å². The summed E-state index contributed by atoms with van der Waals surface area (Å²) >= 11 is 2.02. The highest BCUT2D eigenvalue weighted by Crippen LogP contribution is 2.27. The van der Waals surface area contributed by atoms with Gasteiger partial charge >= 0.3 is 0 Å². The van der Waals surface area contributed by atoms with Crippen LogP contribution in [0.25, 0.3) is 0 Å². The Kier molecular flexibility index (Phi) is 3.27. The van der Waals surface area contributed by atoms with Gasteiger partial charge in [-0.05, 0) is 17.7 Å². The number of hydrogen-bond acceptors (Lipinski definition) is 2. The summed E-state index contributed by atoms with van der Waals surface area (Å²) in [5.74, 6) is 1.32. The van der Waals surface area contributed by atoms with Gasteiger partial charge < -0.3 is 4.74 Å². The lowest BCUT2D eigenvalue weighted by molar-refractivity contribution is 0.119. The van der Waals surface area contributed by atoms with E-state index in [4.69, 9.17) is 4.74 Å². The van der Waals surface area contributed by atoms with Gasteiger partial charge in [-0.2, -0.15) is 11.8 Å². The van der Waals surface area contributed by atoms with E-state index in [1.807, 2.05) is 17.8 Å². The van der Waals surface area contributed by atoms with E-state index >= 15 is 0 Å². The Labute approximate surface area is 83.5 Å². The monoisotopic (exact) mass is 194 g/mol. The second-order valence-corrected chi connectivity index (χ2v) is 4.69. The Morgan fingerprint density at radius 2 is 2.08 bits per heavy atom. The van der Waals surface area contributed by atoms with E-state index in [1.54, 1.807) is 0 Å². The fourth-order valence-electron chi connectivity index (χ4n) is 1.30. The molecule has 13 heavy (non-hydrogen) atoms. The third kappa shape index (κ3) is 2.75. The van der Waals surface area contributed by atoms with Gasteiger partial charge in [-0.1, -0.05) is 30.3 Å². The van der Waals surface area contributed by atoms with Crippen LogP contribution in [0.4, 0.5) is 0 Å². The minimum atomic E-state index is 0.762. The number of benzene rings is 1. The number of rotatable bonds is 4. The molecule has 1 heterocycles. The van der Waals surface area contributed by atoms with Gasteiger partial charge in [-0.15, -0.1) is 0 Å². The average molecular weight is 194 g/mol. The first-order valence-electron chi connectivity index (χ1n) is 4.68. The number of thioether (sulfide) groups is 1. The van der Waals surface area contributed by atoms with Crippen molar-refractivity contribution in [3.05, 3.63) is 35.9 Å². The molecule has 2 heteroatoms. The molecule has 1 aromatic carbocycles. The predicted molar refractivity (Wildman–Crippen MR) is 57.0 cm³/mol. The Hall–Kier alpha value is -0.470. The fourth-order valence-corrected chi connectivity index (χ4v) is 2.06. The van der Waals surface area contributed by atoms with Crippen molar-refractivity contribution in [2.75, 3.05) is 12.4 Å². The molecule has 70 valence electrons. The highest BCUT2D eigenvalue weighted by atomic mass is 32.2. The number of hydrogen-bond donors (Lipinski definition) is 0. The van der Waals surface area contributed by atoms with E-state index in [0.717, 1.165) is 18.5 Å². The second kappa shape index (κ2) is 4.68. The van der Waals surface area contributed by atoms with Crippen LogP contribution in [0.3, 0.4) is 0 Å². The minimum Gasteiger partial charge on any atom is -0.376 e. The quantitative estimate of drug-likeness (QED) is 0.729. The van der Waals surface area contributed by atoms with Crippen LogP contribution >= 0.6 is 11.8 Å². The first kappa shape index (κ1) is 9.10. The Bertz CT molecular complexity index is 244. The summed E-state index contributed by atoms with van der Waals surface area (Å²) in [5, 5.41) is 0.767. The van der Waals surface area contributed by atoms with Crippen LogP contribution in [0.15, 0.2) is 30.3 Å². The maximum absolute atomic E-state index is 5.60. The van der Waals surface area contributed by atoms with Crippen molar-refractivity contribution in [1.82, 2.24) is 0 Å². The van der Waals surface area contributed by atoms with Crippen molar-refractivity contribution in [2.24, 2.45) is 0 Å². The molecule has 0 radical (unpaired) electrons. The van der Waals surface area contributed by atoms with E-state index in [2.05, 4.69) is 24.3 Å². The lowest BCUT2D eigenvalue weighted by atomic mass is 10.2. The Balaban J connectivity index is 1.67. The zero-order valence-electron chi connectivity index (χ0n) is 7.61. The first-order chi connectivity index (χ1) is 6.45. The van der Waals surface area contributed by atoms with Crippen LogP contribution in [0, 0.1) is 0 Å². The van der Waals surface area contributed by atoms with Crippen LogP contribution in [-0.2, 0) is 11.3 Å². The van der Waals surface area contributed by atoms with Gasteiger partial charge in [0.1, 0.15) is 0 Å². The van der Waals surface area contributed by atoms with Crippen molar-refractivity contribution >= 4 is 11.8 Å². The summed E-state index contributed by atoms with van der Waals surface area (Å²) in [5.41, 5.74) is 1.27. The molecule has 0 saturated carbocycles. The van der Waals surface area contributed by atoms with Crippen molar-refractivity contribution in [2.45, 2.75) is 18.3 Å². The van der Waals surface area contributed by atoms with Gasteiger partial charge in [0.2, 0.25) is 0 Å². The summed E-state index contributed by atoms with van der Waals surface area (Å²) in [6.07, 6.45) is 1.33. The van der Waals surface area contributed by atoms with Crippen molar-refractivity contribution in [1.29, 1.82) is 0 Å². The molecule has 1 aliphatic heterocycles. The normalized spacial score (nSPS) is 21.1. The molecule has 1 aliphatic rings. The van der Waals surface area contributed by atoms with Crippen LogP contribution in [0.5, 0.6) is 0 Å². The van der Waals surface area contributed by atoms with Crippen LogP contribution in [0.2, 0.25) is 0 Å². The highest BCUT2D eigenvalue weighted by Gasteiger charge is 2.17. The summed E-state index contributed by atoms with van der Waals surface area (Å²) in [7, 11) is 0. The van der Waals surface area contributed by atoms with Gasteiger partial charge in [0.15, 0.2) is 0 Å². The standard InChI is InChI=1S/C11H14OS/c1-2-4-10(5-3-1)8-12-9-11-6-7-13-11/h1-5,11H,6-9H2. The molecular weight excluding hydrogens is 180 g/mol. The fraction of sp³-hybridized carbons (Fsp3) is 0.455. The van der Waals surface area contributed by atoms with Gasteiger partial charge in [0.25, 0.3) is 0 Å². The van der Waals surface area contributed by atoms with Crippen molar-refractivity contribution < 1.29 is 4.74 Å². The number of ether oxygens (including phenoxy) is 1.